The maximum atomic E-state index is 6.99. The van der Waals surface area contributed by atoms with Gasteiger partial charge in [-0.15, -0.1) is 0 Å². The van der Waals surface area contributed by atoms with Crippen molar-refractivity contribution in [2.45, 2.75) is 6.42 Å². The van der Waals surface area contributed by atoms with Gasteiger partial charge in [-0.1, -0.05) is 24.3 Å². The van der Waals surface area contributed by atoms with Crippen molar-refractivity contribution in [3.05, 3.63) is 35.9 Å². The van der Waals surface area contributed by atoms with E-state index in [2.05, 4.69) is 6.07 Å². The van der Waals surface area contributed by atoms with Crippen LogP contribution in [0, 0.1) is 11.5 Å². The molecule has 0 aliphatic rings. The highest BCUT2D eigenvalue weighted by Gasteiger charge is 1.91. The number of benzene rings is 1. The summed E-state index contributed by atoms with van der Waals surface area (Å²) in [5.41, 5.74) is 6.16. The molecule has 3 N–H and O–H groups in total. The normalized spacial score (nSPS) is 9.20. The van der Waals surface area contributed by atoms with Crippen LogP contribution in [-0.2, 0) is 6.42 Å². The van der Waals surface area contributed by atoms with E-state index in [0.29, 0.717) is 6.42 Å². The summed E-state index contributed by atoms with van der Waals surface area (Å²) in [6, 6.07) is 10.5. The molecule has 1 aromatic rings. The smallest absolute Gasteiger partial charge is 0.0950 e. The molecule has 0 bridgehead atoms. The van der Waals surface area contributed by atoms with Crippen LogP contribution in [0.25, 0.3) is 0 Å². The molecule has 0 heterocycles. The third-order valence-electron chi connectivity index (χ3n) is 1.15. The Bertz CT molecular complexity index is 216. The minimum Gasteiger partial charge on any atom is -0.387 e. The summed E-state index contributed by atoms with van der Waals surface area (Å²) in [7, 11) is 0. The van der Waals surface area contributed by atoms with Gasteiger partial charge in [0.25, 0.3) is 0 Å². The molecule has 0 aliphatic heterocycles. The number of rotatable bonds is 2. The predicted molar refractivity (Wildman–Crippen MR) is 40.9 cm³/mol. The van der Waals surface area contributed by atoms with Crippen LogP contribution in [0.4, 0.5) is 0 Å². The molecule has 0 amide bonds. The first-order chi connectivity index (χ1) is 4.79. The van der Waals surface area contributed by atoms with Gasteiger partial charge in [-0.3, -0.25) is 5.41 Å². The molecule has 2 nitrogen and oxygen atoms in total. The zero-order valence-electron chi connectivity index (χ0n) is 5.59. The van der Waals surface area contributed by atoms with Gasteiger partial charge in [0, 0.05) is 6.42 Å². The molecular weight excluding hydrogens is 124 g/mol. The van der Waals surface area contributed by atoms with E-state index < -0.39 is 0 Å². The van der Waals surface area contributed by atoms with Gasteiger partial charge in [0.05, 0.1) is 5.84 Å². The van der Waals surface area contributed by atoms with Crippen LogP contribution in [0.15, 0.2) is 24.3 Å². The second-order valence-electron chi connectivity index (χ2n) is 2.09. The lowest BCUT2D eigenvalue weighted by Crippen LogP contribution is -2.12. The van der Waals surface area contributed by atoms with E-state index in [1.807, 2.05) is 24.3 Å². The largest absolute Gasteiger partial charge is 0.387 e. The Morgan fingerprint density at radius 3 is 2.90 bits per heavy atom. The molecule has 0 aliphatic carbocycles. The summed E-state index contributed by atoms with van der Waals surface area (Å²) < 4.78 is 0. The number of nitrogens with one attached hydrogen (secondary N) is 1. The fourth-order valence-electron chi connectivity index (χ4n) is 0.746. The quantitative estimate of drug-likeness (QED) is 0.458. The van der Waals surface area contributed by atoms with E-state index in [1.54, 1.807) is 0 Å². The van der Waals surface area contributed by atoms with Gasteiger partial charge in [-0.2, -0.15) is 0 Å². The first-order valence-corrected chi connectivity index (χ1v) is 3.07. The lowest BCUT2D eigenvalue weighted by atomic mass is 10.1. The lowest BCUT2D eigenvalue weighted by molar-refractivity contribution is 1.24. The highest BCUT2D eigenvalue weighted by Crippen LogP contribution is 1.96. The summed E-state index contributed by atoms with van der Waals surface area (Å²) >= 11 is 0. The van der Waals surface area contributed by atoms with Gasteiger partial charge in [-0.25, -0.2) is 0 Å². The van der Waals surface area contributed by atoms with Crippen LogP contribution in [0.5, 0.6) is 0 Å². The summed E-state index contributed by atoms with van der Waals surface area (Å²) in [6.45, 7) is 0. The molecule has 1 radical (unpaired) electrons. The minimum atomic E-state index is 0.183. The standard InChI is InChI=1S/C8H9N2/c9-8(10)6-7-4-2-1-3-5-7/h1-4H,6H2,(H3,9,10). The minimum absolute atomic E-state index is 0.183. The Morgan fingerprint density at radius 1 is 1.60 bits per heavy atom. The molecule has 2 heteroatoms. The van der Waals surface area contributed by atoms with Crippen molar-refractivity contribution in [3.8, 4) is 0 Å². The Labute approximate surface area is 60.2 Å². The second kappa shape index (κ2) is 3.01. The van der Waals surface area contributed by atoms with Crippen LogP contribution in [-0.4, -0.2) is 5.84 Å². The van der Waals surface area contributed by atoms with Crippen molar-refractivity contribution < 1.29 is 0 Å². The van der Waals surface area contributed by atoms with Crippen molar-refractivity contribution in [1.82, 2.24) is 0 Å². The van der Waals surface area contributed by atoms with Gasteiger partial charge in [-0.05, 0) is 11.6 Å². The Balaban J connectivity index is 2.67. The van der Waals surface area contributed by atoms with E-state index in [-0.39, 0.29) is 5.84 Å². The average molecular weight is 133 g/mol. The molecule has 10 heavy (non-hydrogen) atoms. The van der Waals surface area contributed by atoms with Crippen molar-refractivity contribution in [2.75, 3.05) is 0 Å². The maximum absolute atomic E-state index is 6.99. The summed E-state index contributed by atoms with van der Waals surface area (Å²) in [4.78, 5) is 0. The molecule has 0 saturated carbocycles. The van der Waals surface area contributed by atoms with Crippen LogP contribution in [0.2, 0.25) is 0 Å². The molecule has 0 aromatic heterocycles. The number of hydrogen-bond acceptors (Lipinski definition) is 1. The lowest BCUT2D eigenvalue weighted by Gasteiger charge is -1.95. The monoisotopic (exact) mass is 133 g/mol. The van der Waals surface area contributed by atoms with Gasteiger partial charge < -0.3 is 5.73 Å². The van der Waals surface area contributed by atoms with Crippen LogP contribution in [0.3, 0.4) is 0 Å². The van der Waals surface area contributed by atoms with Crippen LogP contribution < -0.4 is 5.73 Å². The number of amidine groups is 1. The van der Waals surface area contributed by atoms with Crippen molar-refractivity contribution in [2.24, 2.45) is 5.73 Å². The predicted octanol–water partition coefficient (Wildman–Crippen LogP) is 0.965. The molecule has 0 unspecified atom stereocenters. The summed E-state index contributed by atoms with van der Waals surface area (Å²) in [5, 5.41) is 6.99. The van der Waals surface area contributed by atoms with Gasteiger partial charge in [0.15, 0.2) is 0 Å². The van der Waals surface area contributed by atoms with Crippen molar-refractivity contribution in [3.63, 3.8) is 0 Å². The number of nitrogens with two attached hydrogens (primary N) is 1. The van der Waals surface area contributed by atoms with Gasteiger partial charge in [0.1, 0.15) is 0 Å². The maximum Gasteiger partial charge on any atom is 0.0950 e. The third-order valence-corrected chi connectivity index (χ3v) is 1.15. The van der Waals surface area contributed by atoms with Crippen LogP contribution >= 0.6 is 0 Å². The summed E-state index contributed by atoms with van der Waals surface area (Å²) in [6.07, 6.45) is 0.501. The summed E-state index contributed by atoms with van der Waals surface area (Å²) in [5.74, 6) is 0.183. The van der Waals surface area contributed by atoms with E-state index >= 15 is 0 Å². The zero-order chi connectivity index (χ0) is 7.40. The Morgan fingerprint density at radius 2 is 2.40 bits per heavy atom. The van der Waals surface area contributed by atoms with Crippen LogP contribution in [0.1, 0.15) is 5.56 Å². The van der Waals surface area contributed by atoms with E-state index in [4.69, 9.17) is 11.1 Å². The van der Waals surface area contributed by atoms with Gasteiger partial charge in [0.2, 0.25) is 0 Å². The van der Waals surface area contributed by atoms with Crippen molar-refractivity contribution >= 4 is 5.84 Å². The number of hydrogen-bond donors (Lipinski definition) is 2. The SMILES string of the molecule is N=C(N)Cc1[c]cccc1. The highest BCUT2D eigenvalue weighted by molar-refractivity contribution is 5.79. The fourth-order valence-corrected chi connectivity index (χ4v) is 0.746. The first-order valence-electron chi connectivity index (χ1n) is 3.07. The fraction of sp³-hybridized carbons (Fsp3) is 0.125. The first kappa shape index (κ1) is 6.81. The second-order valence-corrected chi connectivity index (χ2v) is 2.09. The topological polar surface area (TPSA) is 49.9 Å². The van der Waals surface area contributed by atoms with E-state index in [9.17, 15) is 0 Å². The Hall–Kier alpha value is -1.31. The molecule has 1 rings (SSSR count). The van der Waals surface area contributed by atoms with E-state index in [0.717, 1.165) is 5.56 Å². The van der Waals surface area contributed by atoms with Gasteiger partial charge >= 0.3 is 0 Å². The molecule has 0 fully saturated rings. The average Bonchev–Trinajstić information content (AvgIpc) is 1.88. The zero-order valence-corrected chi connectivity index (χ0v) is 5.59. The molecule has 51 valence electrons. The van der Waals surface area contributed by atoms with E-state index in [1.165, 1.54) is 0 Å². The third kappa shape index (κ3) is 1.90. The molecule has 0 saturated heterocycles. The molecule has 0 atom stereocenters. The van der Waals surface area contributed by atoms with Crippen molar-refractivity contribution in [1.29, 1.82) is 5.41 Å². The molecule has 1 aromatic carbocycles. The molecular formula is C8H9N2. The molecule has 0 spiro atoms. The highest BCUT2D eigenvalue weighted by atomic mass is 14.7. The Kier molecular flexibility index (Phi) is 2.05.